The van der Waals surface area contributed by atoms with Crippen LogP contribution in [0.15, 0.2) is 40.8 Å². The summed E-state index contributed by atoms with van der Waals surface area (Å²) in [5.41, 5.74) is 6.10. The lowest BCUT2D eigenvalue weighted by atomic mass is 10.2. The molecule has 0 saturated carbocycles. The molecule has 1 aromatic carbocycles. The zero-order valence-corrected chi connectivity index (χ0v) is 8.58. The Balaban J connectivity index is 2.46. The van der Waals surface area contributed by atoms with Crippen molar-refractivity contribution in [1.82, 2.24) is 0 Å². The highest BCUT2D eigenvalue weighted by Gasteiger charge is 2.08. The number of halogens is 1. The molecule has 0 unspecified atom stereocenters. The molecule has 3 N–H and O–H groups in total. The lowest BCUT2D eigenvalue weighted by Crippen LogP contribution is -2.09. The molecule has 76 valence electrons. The van der Waals surface area contributed by atoms with Gasteiger partial charge in [-0.25, -0.2) is 0 Å². The monoisotopic (exact) mass is 220 g/mol. The number of nitrogen functional groups attached to an aromatic ring is 1. The predicted molar refractivity (Wildman–Crippen MR) is 60.2 cm³/mol. The molecule has 0 amide bonds. The molecule has 0 bridgehead atoms. The van der Waals surface area contributed by atoms with Gasteiger partial charge in [-0.3, -0.25) is 5.41 Å². The second-order valence-corrected chi connectivity index (χ2v) is 3.46. The van der Waals surface area contributed by atoms with Crippen LogP contribution in [0.1, 0.15) is 5.76 Å². The second kappa shape index (κ2) is 3.79. The Kier molecular flexibility index (Phi) is 2.47. The van der Waals surface area contributed by atoms with Crippen LogP contribution in [0.3, 0.4) is 0 Å². The third-order valence-electron chi connectivity index (χ3n) is 2.01. The molecule has 2 rings (SSSR count). The smallest absolute Gasteiger partial charge is 0.168 e. The van der Waals surface area contributed by atoms with Crippen LogP contribution in [0, 0.1) is 5.41 Å². The molecular formula is C11H9ClN2O. The molecule has 1 heterocycles. The number of benzene rings is 1. The summed E-state index contributed by atoms with van der Waals surface area (Å²) >= 11 is 6.00. The van der Waals surface area contributed by atoms with Gasteiger partial charge in [0, 0.05) is 5.56 Å². The summed E-state index contributed by atoms with van der Waals surface area (Å²) in [4.78, 5) is 0. The van der Waals surface area contributed by atoms with Crippen molar-refractivity contribution < 1.29 is 4.42 Å². The van der Waals surface area contributed by atoms with Gasteiger partial charge in [-0.05, 0) is 24.3 Å². The molecule has 0 aliphatic carbocycles. The minimum absolute atomic E-state index is 0.0895. The van der Waals surface area contributed by atoms with E-state index in [1.807, 2.05) is 18.2 Å². The summed E-state index contributed by atoms with van der Waals surface area (Å²) in [6.45, 7) is 0. The van der Waals surface area contributed by atoms with Crippen molar-refractivity contribution in [2.24, 2.45) is 5.73 Å². The highest BCUT2D eigenvalue weighted by molar-refractivity contribution is 6.33. The van der Waals surface area contributed by atoms with Crippen molar-refractivity contribution >= 4 is 17.4 Å². The first-order chi connectivity index (χ1) is 7.18. The van der Waals surface area contributed by atoms with Gasteiger partial charge >= 0.3 is 0 Å². The lowest BCUT2D eigenvalue weighted by molar-refractivity contribution is 0.571. The zero-order chi connectivity index (χ0) is 10.8. The summed E-state index contributed by atoms with van der Waals surface area (Å²) in [7, 11) is 0. The van der Waals surface area contributed by atoms with Crippen LogP contribution >= 0.6 is 11.6 Å². The minimum atomic E-state index is -0.0895. The Morgan fingerprint density at radius 1 is 1.20 bits per heavy atom. The third kappa shape index (κ3) is 1.87. The first-order valence-electron chi connectivity index (χ1n) is 4.37. The van der Waals surface area contributed by atoms with Crippen molar-refractivity contribution in [1.29, 1.82) is 5.41 Å². The van der Waals surface area contributed by atoms with Crippen LogP contribution in [-0.4, -0.2) is 5.84 Å². The Morgan fingerprint density at radius 3 is 2.53 bits per heavy atom. The molecule has 2 aromatic rings. The van der Waals surface area contributed by atoms with Crippen LogP contribution < -0.4 is 5.73 Å². The number of furan rings is 1. The first kappa shape index (κ1) is 9.80. The van der Waals surface area contributed by atoms with E-state index in [1.54, 1.807) is 18.2 Å². The molecule has 0 saturated heterocycles. The molecule has 4 heteroatoms. The molecule has 0 atom stereocenters. The number of nitrogens with one attached hydrogen (secondary N) is 1. The van der Waals surface area contributed by atoms with Gasteiger partial charge in [0.1, 0.15) is 5.76 Å². The van der Waals surface area contributed by atoms with Crippen molar-refractivity contribution in [2.75, 3.05) is 0 Å². The largest absolute Gasteiger partial charge is 0.453 e. The van der Waals surface area contributed by atoms with E-state index < -0.39 is 0 Å². The van der Waals surface area contributed by atoms with Gasteiger partial charge in [0.25, 0.3) is 0 Å². The van der Waals surface area contributed by atoms with Crippen LogP contribution in [0.4, 0.5) is 0 Å². The van der Waals surface area contributed by atoms with Crippen molar-refractivity contribution in [3.05, 3.63) is 47.2 Å². The standard InChI is InChI=1S/C11H9ClN2O/c12-8-4-2-1-3-7(8)9-5-6-10(15-9)11(13)14/h1-6H,(H3,13,14). The first-order valence-corrected chi connectivity index (χ1v) is 4.75. The summed E-state index contributed by atoms with van der Waals surface area (Å²) in [6.07, 6.45) is 0. The van der Waals surface area contributed by atoms with E-state index in [0.29, 0.717) is 16.5 Å². The van der Waals surface area contributed by atoms with E-state index in [4.69, 9.17) is 27.2 Å². The number of hydrogen-bond donors (Lipinski definition) is 2. The number of nitrogens with two attached hydrogens (primary N) is 1. The normalized spacial score (nSPS) is 10.2. The molecule has 0 radical (unpaired) electrons. The maximum atomic E-state index is 7.22. The fourth-order valence-electron chi connectivity index (χ4n) is 1.29. The maximum absolute atomic E-state index is 7.22. The fourth-order valence-corrected chi connectivity index (χ4v) is 1.52. The lowest BCUT2D eigenvalue weighted by Gasteiger charge is -1.99. The third-order valence-corrected chi connectivity index (χ3v) is 2.34. The van der Waals surface area contributed by atoms with Crippen LogP contribution in [0.25, 0.3) is 11.3 Å². The molecule has 0 spiro atoms. The van der Waals surface area contributed by atoms with Crippen molar-refractivity contribution in [2.45, 2.75) is 0 Å². The quantitative estimate of drug-likeness (QED) is 0.604. The van der Waals surface area contributed by atoms with E-state index >= 15 is 0 Å². The molecule has 0 fully saturated rings. The van der Waals surface area contributed by atoms with E-state index in [9.17, 15) is 0 Å². The Hall–Kier alpha value is -1.74. The predicted octanol–water partition coefficient (Wildman–Crippen LogP) is 2.88. The Labute approximate surface area is 92.0 Å². The number of hydrogen-bond acceptors (Lipinski definition) is 2. The topological polar surface area (TPSA) is 63.0 Å². The van der Waals surface area contributed by atoms with E-state index in [2.05, 4.69) is 0 Å². The second-order valence-electron chi connectivity index (χ2n) is 3.06. The summed E-state index contributed by atoms with van der Waals surface area (Å²) < 4.78 is 5.38. The van der Waals surface area contributed by atoms with E-state index in [1.165, 1.54) is 0 Å². The van der Waals surface area contributed by atoms with Gasteiger partial charge in [0.2, 0.25) is 0 Å². The maximum Gasteiger partial charge on any atom is 0.168 e. The van der Waals surface area contributed by atoms with E-state index in [-0.39, 0.29) is 5.84 Å². The van der Waals surface area contributed by atoms with Gasteiger partial charge in [-0.15, -0.1) is 0 Å². The number of rotatable bonds is 2. The average molecular weight is 221 g/mol. The van der Waals surface area contributed by atoms with Crippen LogP contribution in [0.2, 0.25) is 5.02 Å². The van der Waals surface area contributed by atoms with Crippen molar-refractivity contribution in [3.8, 4) is 11.3 Å². The molecule has 0 aliphatic heterocycles. The van der Waals surface area contributed by atoms with Crippen molar-refractivity contribution in [3.63, 3.8) is 0 Å². The van der Waals surface area contributed by atoms with Crippen LogP contribution in [0.5, 0.6) is 0 Å². The fraction of sp³-hybridized carbons (Fsp3) is 0. The minimum Gasteiger partial charge on any atom is -0.453 e. The SMILES string of the molecule is N=C(N)c1ccc(-c2ccccc2Cl)o1. The summed E-state index contributed by atoms with van der Waals surface area (Å²) in [6, 6.07) is 10.8. The summed E-state index contributed by atoms with van der Waals surface area (Å²) in [5.74, 6) is 0.879. The number of amidine groups is 1. The van der Waals surface area contributed by atoms with Crippen LogP contribution in [-0.2, 0) is 0 Å². The van der Waals surface area contributed by atoms with Gasteiger partial charge in [-0.2, -0.15) is 0 Å². The molecule has 1 aromatic heterocycles. The highest BCUT2D eigenvalue weighted by Crippen LogP contribution is 2.28. The zero-order valence-electron chi connectivity index (χ0n) is 7.83. The molecule has 0 aliphatic rings. The summed E-state index contributed by atoms with van der Waals surface area (Å²) in [5, 5.41) is 7.83. The van der Waals surface area contributed by atoms with E-state index in [0.717, 1.165) is 5.56 Å². The molecule has 15 heavy (non-hydrogen) atoms. The molecular weight excluding hydrogens is 212 g/mol. The van der Waals surface area contributed by atoms with Gasteiger partial charge in [-0.1, -0.05) is 23.7 Å². The molecule has 3 nitrogen and oxygen atoms in total. The Morgan fingerprint density at radius 2 is 1.93 bits per heavy atom. The van der Waals surface area contributed by atoms with Gasteiger partial charge in [0.15, 0.2) is 11.6 Å². The highest BCUT2D eigenvalue weighted by atomic mass is 35.5. The van der Waals surface area contributed by atoms with Gasteiger partial charge in [0.05, 0.1) is 5.02 Å². The Bertz CT molecular complexity index is 505. The van der Waals surface area contributed by atoms with Gasteiger partial charge < -0.3 is 10.2 Å². The average Bonchev–Trinajstić information content (AvgIpc) is 2.67.